The number of benzene rings is 18. The Labute approximate surface area is 814 Å². The normalized spacial score (nSPS) is 11.8. The Bertz CT molecular complexity index is 8320. The predicted molar refractivity (Wildman–Crippen MR) is 577 cm³/mol. The molecule has 0 radical (unpaired) electrons. The molecule has 0 unspecified atom stereocenters. The number of rotatable bonds is 15. The summed E-state index contributed by atoms with van der Waals surface area (Å²) in [5.74, 6) is 3.06. The van der Waals surface area contributed by atoms with Crippen LogP contribution in [0.25, 0.3) is 218 Å². The van der Waals surface area contributed by atoms with E-state index in [4.69, 9.17) is 13.3 Å². The molecule has 0 saturated carbocycles. The number of aromatic nitrogens is 9. The highest BCUT2D eigenvalue weighted by Gasteiger charge is 2.25. The molecule has 140 heavy (non-hydrogen) atoms. The fourth-order valence-corrected chi connectivity index (χ4v) is 19.0. The van der Waals surface area contributed by atoms with Gasteiger partial charge < -0.3 is 27.0 Å². The lowest BCUT2D eigenvalue weighted by Gasteiger charge is -2.19. The Kier molecular flexibility index (Phi) is 22.9. The SMILES string of the molecule is CC(C)(C)c1ccc(-c2ccc3c(c2)c2cc(-c4ccc(C(C)(C)C)cc4)ccc2n3-c2ccc(-c3nnc(-c4ccccc4)o3)cc2)cc1.CC(C)(C)c1ccc(-c2nnc(-c3ccc(-n4c5ccc(-c6ccccc6)cc5c5cc(-c6ccccc6)ccc54)cc3)o2)cc1.Cc1ccc(-c2ccc3c(c2)c2cc(-c4ccc(C)cc4)ccc2n3-c2ccc(-c3nnc(-c4ccccc4)o3)cc2)cc1. The van der Waals surface area contributed by atoms with Crippen LogP contribution >= 0.6 is 0 Å². The van der Waals surface area contributed by atoms with Crippen LogP contribution in [0.1, 0.15) is 90.1 Å². The van der Waals surface area contributed by atoms with E-state index < -0.39 is 0 Å². The highest BCUT2D eigenvalue weighted by Crippen LogP contribution is 2.45. The molecule has 0 aliphatic rings. The van der Waals surface area contributed by atoms with Gasteiger partial charge in [0.05, 0.1) is 33.1 Å². The molecule has 0 amide bonds. The van der Waals surface area contributed by atoms with Crippen LogP contribution in [0.5, 0.6) is 0 Å². The summed E-state index contributed by atoms with van der Waals surface area (Å²) in [6.45, 7) is 24.4. The summed E-state index contributed by atoms with van der Waals surface area (Å²) in [6, 6.07) is 151. The number of hydrogen-bond donors (Lipinski definition) is 0. The molecule has 0 atom stereocenters. The molecule has 12 nitrogen and oxygen atoms in total. The monoisotopic (exact) mass is 1810 g/mol. The van der Waals surface area contributed by atoms with Gasteiger partial charge in [-0.3, -0.25) is 0 Å². The van der Waals surface area contributed by atoms with E-state index in [-0.39, 0.29) is 16.2 Å². The standard InChI is InChI=1S/C46H41N3O.C42H33N3O.C40H29N3O/c1-45(2,3)36-20-12-30(13-21-36)34-18-26-41-39(28-34)40-29-35(31-14-22-37(23-15-31)46(4,5)6)19-27-42(40)49(41)38-24-16-33(17-25-38)44-48-47-43(50-44)32-10-8-7-9-11-32;1-42(2,3)34-20-14-30(15-21-34)40-43-44-41(46-40)31-16-22-35(23-17-31)45-38-24-18-32(28-10-6-4-7-11-28)26-36(38)37-27-33(19-25-39(37)45)29-12-8-5-9-13-29;1-26-8-12-28(13-9-26)32-18-22-37-35(24-32)36-25-33(29-14-10-27(2)11-15-29)19-23-38(36)43(37)34-20-16-31(17-21-34)40-42-41-39(44-40)30-6-4-3-5-7-30/h7-29H,1-6H3;4-27H,1-3H3;3-25H,1-2H3. The average Bonchev–Trinajstić information content (AvgIpc) is 1.59. The highest BCUT2D eigenvalue weighted by molar-refractivity contribution is 6.14. The number of fused-ring (bicyclic) bond motifs is 9. The van der Waals surface area contributed by atoms with Gasteiger partial charge in [-0.1, -0.05) is 316 Å². The molecular weight excluding hydrogens is 1710 g/mol. The molecule has 0 saturated heterocycles. The number of hydrogen-bond acceptors (Lipinski definition) is 9. The minimum absolute atomic E-state index is 0.0883. The van der Waals surface area contributed by atoms with Crippen LogP contribution in [0.4, 0.5) is 0 Å². The Morgan fingerprint density at radius 1 is 0.164 bits per heavy atom. The van der Waals surface area contributed by atoms with Crippen molar-refractivity contribution in [1.29, 1.82) is 0 Å². The van der Waals surface area contributed by atoms with Crippen molar-refractivity contribution in [2.24, 2.45) is 0 Å². The summed E-state index contributed by atoms with van der Waals surface area (Å²) in [6.07, 6.45) is 0. The molecule has 0 N–H and O–H groups in total. The van der Waals surface area contributed by atoms with E-state index >= 15 is 0 Å². The van der Waals surface area contributed by atoms with Gasteiger partial charge in [-0.15, -0.1) is 30.6 Å². The highest BCUT2D eigenvalue weighted by atomic mass is 16.4. The summed E-state index contributed by atoms with van der Waals surface area (Å²) in [7, 11) is 0. The van der Waals surface area contributed by atoms with Gasteiger partial charge in [-0.25, -0.2) is 0 Å². The number of aryl methyl sites for hydroxylation is 2. The van der Waals surface area contributed by atoms with E-state index in [0.29, 0.717) is 35.3 Å². The van der Waals surface area contributed by atoms with Gasteiger partial charge in [0, 0.05) is 82.8 Å². The van der Waals surface area contributed by atoms with Crippen LogP contribution < -0.4 is 0 Å². The van der Waals surface area contributed by atoms with Gasteiger partial charge in [0.25, 0.3) is 0 Å². The van der Waals surface area contributed by atoms with E-state index in [1.165, 1.54) is 127 Å². The lowest BCUT2D eigenvalue weighted by atomic mass is 9.86. The maximum atomic E-state index is 6.13. The first-order valence-electron chi connectivity index (χ1n) is 47.8. The van der Waals surface area contributed by atoms with Crippen molar-refractivity contribution < 1.29 is 13.3 Å². The molecular formula is C128H103N9O3. The molecule has 0 aliphatic carbocycles. The smallest absolute Gasteiger partial charge is 0.248 e. The second kappa shape index (κ2) is 36.4. The Hall–Kier alpha value is -17.2. The van der Waals surface area contributed by atoms with Gasteiger partial charge in [0.2, 0.25) is 35.3 Å². The van der Waals surface area contributed by atoms with Gasteiger partial charge in [-0.05, 0) is 296 Å². The first kappa shape index (κ1) is 88.1. The van der Waals surface area contributed by atoms with Crippen molar-refractivity contribution in [3.8, 4) is 153 Å². The third-order valence-corrected chi connectivity index (χ3v) is 26.9. The van der Waals surface area contributed by atoms with Crippen LogP contribution in [0.3, 0.4) is 0 Å². The maximum absolute atomic E-state index is 6.13. The largest absolute Gasteiger partial charge is 0.416 e. The lowest BCUT2D eigenvalue weighted by Crippen LogP contribution is -2.10. The van der Waals surface area contributed by atoms with Crippen LogP contribution in [0.15, 0.2) is 438 Å². The zero-order chi connectivity index (χ0) is 95.5. The van der Waals surface area contributed by atoms with E-state index in [2.05, 4.69) is 484 Å². The Morgan fingerprint density at radius 2 is 0.321 bits per heavy atom. The molecule has 18 aromatic carbocycles. The zero-order valence-electron chi connectivity index (χ0n) is 80.2. The van der Waals surface area contributed by atoms with Crippen LogP contribution in [-0.2, 0) is 16.2 Å². The summed E-state index contributed by atoms with van der Waals surface area (Å²) in [5.41, 5.74) is 36.8. The van der Waals surface area contributed by atoms with Crippen molar-refractivity contribution in [3.63, 3.8) is 0 Å². The first-order valence-corrected chi connectivity index (χ1v) is 47.8. The third kappa shape index (κ3) is 17.6. The minimum atomic E-state index is 0.0883. The molecule has 12 heteroatoms. The number of nitrogens with zero attached hydrogens (tertiary/aromatic N) is 9. The lowest BCUT2D eigenvalue weighted by molar-refractivity contribution is 0.582. The van der Waals surface area contributed by atoms with Crippen molar-refractivity contribution in [3.05, 3.63) is 452 Å². The molecule has 6 aromatic heterocycles. The third-order valence-electron chi connectivity index (χ3n) is 26.9. The van der Waals surface area contributed by atoms with E-state index in [1.807, 2.05) is 60.7 Å². The summed E-state index contributed by atoms with van der Waals surface area (Å²) < 4.78 is 25.3. The second-order valence-corrected chi connectivity index (χ2v) is 39.5. The van der Waals surface area contributed by atoms with E-state index in [0.717, 1.165) is 83.5 Å². The Balaban J connectivity index is 0.000000121. The summed E-state index contributed by atoms with van der Waals surface area (Å²) in [5, 5.41) is 33.3. The van der Waals surface area contributed by atoms with E-state index in [1.54, 1.807) is 0 Å². The molecule has 0 spiro atoms. The minimum Gasteiger partial charge on any atom is -0.416 e. The molecule has 678 valence electrons. The molecule has 6 heterocycles. The summed E-state index contributed by atoms with van der Waals surface area (Å²) >= 11 is 0. The fourth-order valence-electron chi connectivity index (χ4n) is 19.0. The van der Waals surface area contributed by atoms with Crippen LogP contribution in [-0.4, -0.2) is 44.3 Å². The second-order valence-electron chi connectivity index (χ2n) is 39.5. The zero-order valence-corrected chi connectivity index (χ0v) is 80.2. The van der Waals surface area contributed by atoms with Gasteiger partial charge in [-0.2, -0.15) is 0 Å². The Morgan fingerprint density at radius 3 is 0.521 bits per heavy atom. The molecule has 24 aromatic rings. The van der Waals surface area contributed by atoms with Crippen LogP contribution in [0, 0.1) is 13.8 Å². The van der Waals surface area contributed by atoms with Crippen LogP contribution in [0.2, 0.25) is 0 Å². The fraction of sp³-hybridized carbons (Fsp3) is 0.109. The molecule has 24 rings (SSSR count). The quantitative estimate of drug-likeness (QED) is 0.0984. The molecule has 0 bridgehead atoms. The van der Waals surface area contributed by atoms with Gasteiger partial charge in [0.15, 0.2) is 0 Å². The molecule has 0 aliphatic heterocycles. The van der Waals surface area contributed by atoms with Crippen molar-refractivity contribution in [1.82, 2.24) is 44.3 Å². The first-order chi connectivity index (χ1) is 68.0. The van der Waals surface area contributed by atoms with Crippen molar-refractivity contribution in [2.75, 3.05) is 0 Å². The maximum Gasteiger partial charge on any atom is 0.248 e. The van der Waals surface area contributed by atoms with E-state index in [9.17, 15) is 0 Å². The van der Waals surface area contributed by atoms with Gasteiger partial charge >= 0.3 is 0 Å². The predicted octanol–water partition coefficient (Wildman–Crippen LogP) is 34.0. The van der Waals surface area contributed by atoms with Gasteiger partial charge in [0.1, 0.15) is 0 Å². The van der Waals surface area contributed by atoms with Crippen molar-refractivity contribution >= 4 is 65.4 Å². The average molecular weight is 1820 g/mol. The van der Waals surface area contributed by atoms with Crippen molar-refractivity contribution in [2.45, 2.75) is 92.4 Å². The topological polar surface area (TPSA) is 132 Å². The summed E-state index contributed by atoms with van der Waals surface area (Å²) in [4.78, 5) is 0. The molecule has 0 fully saturated rings.